The molecule has 12 bridgehead atoms. The van der Waals surface area contributed by atoms with E-state index in [1.165, 1.54) is 0 Å². The summed E-state index contributed by atoms with van der Waals surface area (Å²) in [6, 6.07) is 0. The molecule has 12 rings (SSSR count). The predicted octanol–water partition coefficient (Wildman–Crippen LogP) is 11.8. The van der Waals surface area contributed by atoms with Crippen molar-refractivity contribution in [2.24, 2.45) is 75.4 Å². The predicted molar refractivity (Wildman–Crippen MR) is 298 cm³/mol. The summed E-state index contributed by atoms with van der Waals surface area (Å²) in [7, 11) is 0. The van der Waals surface area contributed by atoms with E-state index in [0.717, 1.165) is 57.8 Å². The summed E-state index contributed by atoms with van der Waals surface area (Å²) >= 11 is 0. The highest BCUT2D eigenvalue weighted by molar-refractivity contribution is 6.02. The van der Waals surface area contributed by atoms with Crippen molar-refractivity contribution in [1.82, 2.24) is 0 Å². The maximum Gasteiger partial charge on any atom is 0.437 e. The molecule has 90 heavy (non-hydrogen) atoms. The van der Waals surface area contributed by atoms with Crippen molar-refractivity contribution in [3.63, 3.8) is 0 Å². The molecular formula is C64H90F8O18. The average Bonchev–Trinajstić information content (AvgIpc) is 0.867. The van der Waals surface area contributed by atoms with E-state index in [0.29, 0.717) is 113 Å². The Balaban J connectivity index is 0.000000193. The third-order valence-corrected chi connectivity index (χ3v) is 20.6. The van der Waals surface area contributed by atoms with Crippen LogP contribution >= 0.6 is 0 Å². The van der Waals surface area contributed by atoms with Gasteiger partial charge in [0, 0.05) is 0 Å². The summed E-state index contributed by atoms with van der Waals surface area (Å²) in [4.78, 5) is 107. The highest BCUT2D eigenvalue weighted by atomic mass is 19.3. The smallest absolute Gasteiger partial charge is 0.437 e. The van der Waals surface area contributed by atoms with Crippen LogP contribution in [0.25, 0.3) is 0 Å². The third-order valence-electron chi connectivity index (χ3n) is 20.6. The SMILES string of the molecule is CCC(C)(C)C(=O)OCCOC(=O)C(F)(F)C(=O)OC12CC3CC(CC(C3)C1)C2.CCC(C)(C)C(=O)OCCOC(=O)C(F)(F)CC(F)(F)OC(=O)C12CC3CC(CC(C3)C1)C2.CCC(C)C(=O)OCCOC(=O)C(F)(F)C(=O)OC12CC3CC(CC(C3)C1)C2. The van der Waals surface area contributed by atoms with Crippen LogP contribution in [0, 0.1) is 75.4 Å². The van der Waals surface area contributed by atoms with Gasteiger partial charge in [0.2, 0.25) is 0 Å². The molecule has 0 aromatic heterocycles. The van der Waals surface area contributed by atoms with Gasteiger partial charge in [-0.25, -0.2) is 24.0 Å². The van der Waals surface area contributed by atoms with Crippen LogP contribution in [-0.4, -0.2) is 128 Å². The van der Waals surface area contributed by atoms with Gasteiger partial charge < -0.3 is 42.6 Å². The topological polar surface area (TPSA) is 237 Å². The summed E-state index contributed by atoms with van der Waals surface area (Å²) in [5, 5.41) is 0. The molecule has 0 aromatic rings. The molecule has 0 aliphatic heterocycles. The van der Waals surface area contributed by atoms with Crippen LogP contribution in [0.3, 0.4) is 0 Å². The number of rotatable bonds is 26. The van der Waals surface area contributed by atoms with Gasteiger partial charge in [0.15, 0.2) is 0 Å². The quantitative estimate of drug-likeness (QED) is 0.0257. The Morgan fingerprint density at radius 1 is 0.400 bits per heavy atom. The molecule has 0 spiro atoms. The van der Waals surface area contributed by atoms with Gasteiger partial charge in [0.25, 0.3) is 0 Å². The fourth-order valence-electron chi connectivity index (χ4n) is 16.1. The molecule has 12 saturated carbocycles. The number of carbonyl (C=O) groups excluding carboxylic acids is 9. The molecule has 1 unspecified atom stereocenters. The van der Waals surface area contributed by atoms with Gasteiger partial charge in [-0.05, 0) is 216 Å². The highest BCUT2D eigenvalue weighted by Gasteiger charge is 2.62. The zero-order chi connectivity index (χ0) is 66.6. The first-order chi connectivity index (χ1) is 41.8. The van der Waals surface area contributed by atoms with Gasteiger partial charge >= 0.3 is 77.6 Å². The second-order valence-electron chi connectivity index (χ2n) is 28.9. The Morgan fingerprint density at radius 3 is 0.978 bits per heavy atom. The molecule has 0 radical (unpaired) electrons. The van der Waals surface area contributed by atoms with Gasteiger partial charge in [-0.3, -0.25) is 19.2 Å². The average molecular weight is 1300 g/mol. The Morgan fingerprint density at radius 2 is 0.678 bits per heavy atom. The molecule has 0 aromatic carbocycles. The van der Waals surface area contributed by atoms with Crippen LogP contribution in [0.15, 0.2) is 0 Å². The standard InChI is InChI=1S/C23H32F4O6.C21H30F2O6.C20H28F2O6/c1-4-20(2,3)17(28)31-5-6-32-19(30)22(24,25)13-23(26,27)33-18(29)21-10-14-7-15(11-21)9-16(8-14)12-21;1-4-19(2,3)16(24)27-5-6-28-17(25)21(22,23)18(26)29-20-10-13-7-14(11-20)9-15(8-13)12-20;1-3-12(2)16(23)26-4-5-27-17(24)20(21,22)18(25)28-19-9-13-6-14(10-19)8-15(7-13)11-19/h14-16H,4-13H2,1-3H3;13-15H,4-12H2,1-3H3;12-15H,3-11H2,1-2H3. The Bertz CT molecular complexity index is 2530. The summed E-state index contributed by atoms with van der Waals surface area (Å²) in [5.41, 5.74) is -4.27. The lowest BCUT2D eigenvalue weighted by molar-refractivity contribution is -0.271. The number of hydrogen-bond acceptors (Lipinski definition) is 18. The Hall–Kier alpha value is -5.33. The van der Waals surface area contributed by atoms with Crippen molar-refractivity contribution < 1.29 is 121 Å². The second kappa shape index (κ2) is 28.1. The van der Waals surface area contributed by atoms with Crippen LogP contribution in [0.2, 0.25) is 0 Å². The van der Waals surface area contributed by atoms with Crippen LogP contribution < -0.4 is 0 Å². The fraction of sp³-hybridized carbons (Fsp3) is 0.859. The van der Waals surface area contributed by atoms with Gasteiger partial charge in [0.1, 0.15) is 57.3 Å². The second-order valence-corrected chi connectivity index (χ2v) is 28.9. The van der Waals surface area contributed by atoms with Crippen molar-refractivity contribution in [3.8, 4) is 0 Å². The molecule has 12 fully saturated rings. The maximum absolute atomic E-state index is 14.3. The largest absolute Gasteiger partial charge is 0.462 e. The summed E-state index contributed by atoms with van der Waals surface area (Å²) in [5.74, 6) is -22.9. The molecule has 12 aliphatic carbocycles. The maximum atomic E-state index is 14.3. The molecule has 26 heteroatoms. The minimum Gasteiger partial charge on any atom is -0.462 e. The first-order valence-electron chi connectivity index (χ1n) is 32.0. The summed E-state index contributed by atoms with van der Waals surface area (Å²) in [6.45, 7) is 10.7. The number of alkyl halides is 8. The van der Waals surface area contributed by atoms with Crippen molar-refractivity contribution in [2.45, 2.75) is 232 Å². The van der Waals surface area contributed by atoms with Crippen molar-refractivity contribution >= 4 is 53.7 Å². The van der Waals surface area contributed by atoms with E-state index < -0.39 is 138 Å². The normalized spacial score (nSPS) is 30.5. The third kappa shape index (κ3) is 17.5. The monoisotopic (exact) mass is 1300 g/mol. The fourth-order valence-corrected chi connectivity index (χ4v) is 16.1. The van der Waals surface area contributed by atoms with E-state index in [2.05, 4.69) is 18.9 Å². The van der Waals surface area contributed by atoms with Crippen LogP contribution in [0.1, 0.15) is 197 Å². The van der Waals surface area contributed by atoms with Crippen LogP contribution in [0.4, 0.5) is 35.1 Å². The van der Waals surface area contributed by atoms with E-state index in [4.69, 9.17) is 23.7 Å². The number of esters is 9. The van der Waals surface area contributed by atoms with Crippen molar-refractivity contribution in [1.29, 1.82) is 0 Å². The first-order valence-corrected chi connectivity index (χ1v) is 32.0. The molecular weight excluding hydrogens is 1210 g/mol. The minimum absolute atomic E-state index is 0.283. The van der Waals surface area contributed by atoms with E-state index >= 15 is 0 Å². The number of hydrogen-bond donors (Lipinski definition) is 0. The summed E-state index contributed by atoms with van der Waals surface area (Å²) in [6.07, 6.45) is 9.02. The molecule has 0 heterocycles. The molecule has 0 saturated heterocycles. The summed E-state index contributed by atoms with van der Waals surface area (Å²) < 4.78 is 156. The minimum atomic E-state index is -4.59. The number of carbonyl (C=O) groups is 9. The zero-order valence-electron chi connectivity index (χ0n) is 52.9. The van der Waals surface area contributed by atoms with Crippen LogP contribution in [0.5, 0.6) is 0 Å². The molecule has 1 atom stereocenters. The lowest BCUT2D eigenvalue weighted by Gasteiger charge is -2.55. The van der Waals surface area contributed by atoms with E-state index in [9.17, 15) is 78.3 Å². The molecule has 0 N–H and O–H groups in total. The van der Waals surface area contributed by atoms with Crippen LogP contribution in [-0.2, 0) is 85.8 Å². The number of halogens is 8. The highest BCUT2D eigenvalue weighted by Crippen LogP contribution is 2.62. The lowest BCUT2D eigenvalue weighted by Crippen LogP contribution is -2.55. The molecule has 0 amide bonds. The molecule has 18 nitrogen and oxygen atoms in total. The van der Waals surface area contributed by atoms with Gasteiger partial charge in [-0.15, -0.1) is 0 Å². The van der Waals surface area contributed by atoms with Gasteiger partial charge in [-0.1, -0.05) is 27.7 Å². The lowest BCUT2D eigenvalue weighted by atomic mass is 9.49. The molecule has 12 aliphatic rings. The first kappa shape index (κ1) is 72.1. The Labute approximate surface area is 519 Å². The molecule has 510 valence electrons. The zero-order valence-corrected chi connectivity index (χ0v) is 52.9. The number of ether oxygens (including phenoxy) is 9. The van der Waals surface area contributed by atoms with Crippen molar-refractivity contribution in [2.75, 3.05) is 39.6 Å². The van der Waals surface area contributed by atoms with Gasteiger partial charge in [-0.2, -0.15) is 35.1 Å². The van der Waals surface area contributed by atoms with Gasteiger partial charge in [0.05, 0.1) is 22.2 Å². The van der Waals surface area contributed by atoms with E-state index in [-0.39, 0.29) is 36.9 Å². The Kier molecular flexibility index (Phi) is 22.5. The van der Waals surface area contributed by atoms with E-state index in [1.54, 1.807) is 41.5 Å². The van der Waals surface area contributed by atoms with E-state index in [1.807, 2.05) is 13.8 Å². The van der Waals surface area contributed by atoms with Crippen molar-refractivity contribution in [3.05, 3.63) is 0 Å².